The summed E-state index contributed by atoms with van der Waals surface area (Å²) in [6.45, 7) is 8.33. The number of hydrogen-bond acceptors (Lipinski definition) is 6. The van der Waals surface area contributed by atoms with Gasteiger partial charge < -0.3 is 10.2 Å². The fraction of sp³-hybridized carbons (Fsp3) is 0.409. The van der Waals surface area contributed by atoms with Crippen LogP contribution in [-0.2, 0) is 0 Å². The van der Waals surface area contributed by atoms with Gasteiger partial charge in [0.2, 0.25) is 0 Å². The largest absolute Gasteiger partial charge is 0.371 e. The molecule has 0 unspecified atom stereocenters. The molecule has 6 heteroatoms. The van der Waals surface area contributed by atoms with Crippen molar-refractivity contribution in [2.75, 3.05) is 18.0 Å². The first-order valence-electron chi connectivity index (χ1n) is 9.91. The number of piperidine rings is 1. The lowest BCUT2D eigenvalue weighted by molar-refractivity contribution is 0.380. The Morgan fingerprint density at radius 2 is 1.96 bits per heavy atom. The maximum Gasteiger partial charge on any atom is 0.125 e. The van der Waals surface area contributed by atoms with Crippen molar-refractivity contribution in [2.24, 2.45) is 0 Å². The molecule has 2 aromatic heterocycles. The van der Waals surface area contributed by atoms with Crippen molar-refractivity contribution in [1.29, 1.82) is 0 Å². The summed E-state index contributed by atoms with van der Waals surface area (Å²) in [6.07, 6.45) is 4.11. The Balaban J connectivity index is 1.38. The Hall–Kier alpha value is -2.31. The van der Waals surface area contributed by atoms with Crippen molar-refractivity contribution in [1.82, 2.24) is 20.3 Å². The van der Waals surface area contributed by atoms with Gasteiger partial charge in [-0.05, 0) is 51.8 Å². The van der Waals surface area contributed by atoms with Crippen LogP contribution in [0.4, 0.5) is 5.69 Å². The van der Waals surface area contributed by atoms with Crippen molar-refractivity contribution in [3.05, 3.63) is 58.4 Å². The van der Waals surface area contributed by atoms with Crippen molar-refractivity contribution in [3.63, 3.8) is 0 Å². The van der Waals surface area contributed by atoms with E-state index in [1.165, 1.54) is 10.7 Å². The predicted molar refractivity (Wildman–Crippen MR) is 116 cm³/mol. The molecule has 1 atom stereocenters. The quantitative estimate of drug-likeness (QED) is 0.690. The minimum Gasteiger partial charge on any atom is -0.371 e. The molecule has 4 rings (SSSR count). The van der Waals surface area contributed by atoms with Gasteiger partial charge in [0.15, 0.2) is 0 Å². The number of aromatic nitrogens is 3. The van der Waals surface area contributed by atoms with E-state index in [9.17, 15) is 0 Å². The average molecular weight is 394 g/mol. The van der Waals surface area contributed by atoms with Gasteiger partial charge in [-0.25, -0.2) is 15.0 Å². The van der Waals surface area contributed by atoms with Crippen LogP contribution in [0, 0.1) is 13.8 Å². The maximum atomic E-state index is 4.62. The normalized spacial score (nSPS) is 16.3. The van der Waals surface area contributed by atoms with Gasteiger partial charge in [0, 0.05) is 47.7 Å². The Kier molecular flexibility index (Phi) is 5.69. The zero-order valence-corrected chi connectivity index (χ0v) is 17.5. The van der Waals surface area contributed by atoms with Crippen LogP contribution in [0.2, 0.25) is 0 Å². The number of thiazole rings is 1. The summed E-state index contributed by atoms with van der Waals surface area (Å²) < 4.78 is 0. The summed E-state index contributed by atoms with van der Waals surface area (Å²) in [5.41, 5.74) is 4.52. The van der Waals surface area contributed by atoms with E-state index in [0.717, 1.165) is 48.7 Å². The number of rotatable bonds is 5. The minimum absolute atomic E-state index is 0.319. The second-order valence-corrected chi connectivity index (χ2v) is 8.41. The molecule has 0 saturated carbocycles. The summed E-state index contributed by atoms with van der Waals surface area (Å²) in [6, 6.07) is 11.5. The molecule has 1 N–H and O–H groups in total. The zero-order valence-electron chi connectivity index (χ0n) is 16.7. The standard InChI is InChI=1S/C22H27N5S/c1-15-14-28-22(24-15)16(2)25-19-8-11-27(12-9-19)20-6-4-5-18(13-20)21-7-10-23-17(3)26-21/h4-7,10,13-14,16,19,25H,8-9,11-12H2,1-3H3/t16-/m1/s1. The molecule has 1 saturated heterocycles. The van der Waals surface area contributed by atoms with E-state index in [1.807, 2.05) is 19.2 Å². The van der Waals surface area contributed by atoms with Crippen LogP contribution < -0.4 is 10.2 Å². The number of nitrogens with zero attached hydrogens (tertiary/aromatic N) is 4. The van der Waals surface area contributed by atoms with Gasteiger partial charge in [0.25, 0.3) is 0 Å². The summed E-state index contributed by atoms with van der Waals surface area (Å²) in [5.74, 6) is 0.805. The number of nitrogens with one attached hydrogen (secondary N) is 1. The number of benzene rings is 1. The molecule has 0 radical (unpaired) electrons. The van der Waals surface area contributed by atoms with Crippen molar-refractivity contribution >= 4 is 17.0 Å². The molecule has 0 amide bonds. The maximum absolute atomic E-state index is 4.62. The van der Waals surface area contributed by atoms with Crippen molar-refractivity contribution in [2.45, 2.75) is 45.7 Å². The van der Waals surface area contributed by atoms with Crippen molar-refractivity contribution in [3.8, 4) is 11.3 Å². The van der Waals surface area contributed by atoms with E-state index in [2.05, 4.69) is 68.7 Å². The third-order valence-corrected chi connectivity index (χ3v) is 6.42. The lowest BCUT2D eigenvalue weighted by Crippen LogP contribution is -2.43. The second-order valence-electron chi connectivity index (χ2n) is 7.52. The molecule has 5 nitrogen and oxygen atoms in total. The first-order valence-corrected chi connectivity index (χ1v) is 10.8. The van der Waals surface area contributed by atoms with Crippen LogP contribution in [-0.4, -0.2) is 34.1 Å². The van der Waals surface area contributed by atoms with Gasteiger partial charge >= 0.3 is 0 Å². The molecule has 3 heterocycles. The number of hydrogen-bond donors (Lipinski definition) is 1. The highest BCUT2D eigenvalue weighted by molar-refractivity contribution is 7.09. The van der Waals surface area contributed by atoms with Crippen LogP contribution in [0.5, 0.6) is 0 Å². The SMILES string of the molecule is Cc1csc([C@@H](C)NC2CCN(c3cccc(-c4ccnc(C)n4)c3)CC2)n1. The zero-order chi connectivity index (χ0) is 19.5. The van der Waals surface area contributed by atoms with E-state index in [1.54, 1.807) is 11.3 Å². The summed E-state index contributed by atoms with van der Waals surface area (Å²) in [5, 5.41) is 7.08. The van der Waals surface area contributed by atoms with Gasteiger partial charge in [-0.1, -0.05) is 12.1 Å². The van der Waals surface area contributed by atoms with E-state index in [0.29, 0.717) is 12.1 Å². The Bertz CT molecular complexity index is 930. The smallest absolute Gasteiger partial charge is 0.125 e. The van der Waals surface area contributed by atoms with Gasteiger partial charge in [0.1, 0.15) is 10.8 Å². The van der Waals surface area contributed by atoms with Crippen LogP contribution >= 0.6 is 11.3 Å². The lowest BCUT2D eigenvalue weighted by Gasteiger charge is -2.35. The topological polar surface area (TPSA) is 53.9 Å². The summed E-state index contributed by atoms with van der Waals surface area (Å²) in [7, 11) is 0. The Morgan fingerprint density at radius 3 is 2.68 bits per heavy atom. The van der Waals surface area contributed by atoms with Crippen LogP contribution in [0.25, 0.3) is 11.3 Å². The molecule has 0 bridgehead atoms. The van der Waals surface area contributed by atoms with E-state index in [4.69, 9.17) is 0 Å². The molecular weight excluding hydrogens is 366 g/mol. The van der Waals surface area contributed by atoms with Gasteiger partial charge in [-0.3, -0.25) is 0 Å². The fourth-order valence-electron chi connectivity index (χ4n) is 3.78. The monoisotopic (exact) mass is 393 g/mol. The molecule has 0 aliphatic carbocycles. The first kappa shape index (κ1) is 19.0. The molecule has 3 aromatic rings. The van der Waals surface area contributed by atoms with E-state index in [-0.39, 0.29) is 0 Å². The van der Waals surface area contributed by atoms with Crippen molar-refractivity contribution < 1.29 is 0 Å². The highest BCUT2D eigenvalue weighted by Gasteiger charge is 2.22. The lowest BCUT2D eigenvalue weighted by atomic mass is 10.0. The van der Waals surface area contributed by atoms with E-state index >= 15 is 0 Å². The predicted octanol–water partition coefficient (Wildman–Crippen LogP) is 4.54. The molecule has 28 heavy (non-hydrogen) atoms. The molecular formula is C22H27N5S. The minimum atomic E-state index is 0.319. The average Bonchev–Trinajstić information content (AvgIpc) is 3.15. The van der Waals surface area contributed by atoms with E-state index < -0.39 is 0 Å². The van der Waals surface area contributed by atoms with Gasteiger partial charge in [0.05, 0.1) is 11.7 Å². The molecule has 146 valence electrons. The third kappa shape index (κ3) is 4.39. The molecule has 0 spiro atoms. The van der Waals surface area contributed by atoms with Gasteiger partial charge in [-0.2, -0.15) is 0 Å². The molecule has 1 aliphatic heterocycles. The fourth-order valence-corrected chi connectivity index (χ4v) is 4.59. The Morgan fingerprint density at radius 1 is 1.14 bits per heavy atom. The Labute approximate surface area is 170 Å². The van der Waals surface area contributed by atoms with Gasteiger partial charge in [-0.15, -0.1) is 11.3 Å². The first-order chi connectivity index (χ1) is 13.6. The highest BCUT2D eigenvalue weighted by Crippen LogP contribution is 2.27. The number of aryl methyl sites for hydroxylation is 2. The summed E-state index contributed by atoms with van der Waals surface area (Å²) >= 11 is 1.75. The molecule has 1 fully saturated rings. The molecule has 1 aliphatic rings. The molecule has 1 aromatic carbocycles. The van der Waals surface area contributed by atoms with Crippen LogP contribution in [0.15, 0.2) is 41.9 Å². The highest BCUT2D eigenvalue weighted by atomic mass is 32.1. The van der Waals surface area contributed by atoms with Crippen LogP contribution in [0.1, 0.15) is 42.3 Å². The summed E-state index contributed by atoms with van der Waals surface area (Å²) in [4.78, 5) is 15.9. The van der Waals surface area contributed by atoms with Crippen LogP contribution in [0.3, 0.4) is 0 Å². The second kappa shape index (κ2) is 8.37. The number of anilines is 1. The third-order valence-electron chi connectivity index (χ3n) is 5.27.